The van der Waals surface area contributed by atoms with Crippen molar-refractivity contribution in [2.75, 3.05) is 12.4 Å². The zero-order valence-corrected chi connectivity index (χ0v) is 9.91. The maximum absolute atomic E-state index is 10.8. The van der Waals surface area contributed by atoms with Crippen LogP contribution in [-0.4, -0.2) is 24.2 Å². The van der Waals surface area contributed by atoms with Crippen LogP contribution in [0.4, 0.5) is 5.69 Å². The van der Waals surface area contributed by atoms with Gasteiger partial charge >= 0.3 is 5.97 Å². The Kier molecular flexibility index (Phi) is 4.43. The number of nitrogens with one attached hydrogen (secondary N) is 1. The zero-order valence-electron chi connectivity index (χ0n) is 9.16. The first-order chi connectivity index (χ1) is 7.58. The number of anilines is 1. The Morgan fingerprint density at radius 1 is 1.62 bits per heavy atom. The summed E-state index contributed by atoms with van der Waals surface area (Å²) in [4.78, 5) is 10.8. The molecule has 0 aliphatic rings. The minimum absolute atomic E-state index is 0.497. The fourth-order valence-electron chi connectivity index (χ4n) is 1.29. The fraction of sp³-hybridized carbons (Fsp3) is 0.364. The molecule has 0 bridgehead atoms. The van der Waals surface area contributed by atoms with Crippen LogP contribution in [0.15, 0.2) is 18.2 Å². The highest BCUT2D eigenvalue weighted by Crippen LogP contribution is 2.27. The van der Waals surface area contributed by atoms with Gasteiger partial charge in [0.05, 0.1) is 12.1 Å². The predicted molar refractivity (Wildman–Crippen MR) is 63.3 cm³/mol. The van der Waals surface area contributed by atoms with E-state index in [9.17, 15) is 4.79 Å². The number of aliphatic carboxylic acids is 1. The van der Waals surface area contributed by atoms with Crippen molar-refractivity contribution in [3.05, 3.63) is 23.2 Å². The zero-order chi connectivity index (χ0) is 12.1. The Morgan fingerprint density at radius 2 is 2.31 bits per heavy atom. The van der Waals surface area contributed by atoms with E-state index < -0.39 is 12.0 Å². The van der Waals surface area contributed by atoms with Gasteiger partial charge in [-0.3, -0.25) is 0 Å². The summed E-state index contributed by atoms with van der Waals surface area (Å²) in [5.41, 5.74) is 0.676. The molecular formula is C11H14ClNO3. The third-order valence-electron chi connectivity index (χ3n) is 2.20. The monoisotopic (exact) mass is 243 g/mol. The first kappa shape index (κ1) is 12.6. The molecule has 0 saturated carbocycles. The first-order valence-corrected chi connectivity index (χ1v) is 5.29. The molecule has 1 atom stereocenters. The number of ether oxygens (including phenoxy) is 1. The van der Waals surface area contributed by atoms with Crippen molar-refractivity contribution in [2.45, 2.75) is 19.4 Å². The van der Waals surface area contributed by atoms with Crippen LogP contribution in [0.2, 0.25) is 5.02 Å². The summed E-state index contributed by atoms with van der Waals surface area (Å²) in [7, 11) is 1.51. The van der Waals surface area contributed by atoms with Crippen molar-refractivity contribution in [3.8, 4) is 5.75 Å². The van der Waals surface area contributed by atoms with Gasteiger partial charge in [-0.2, -0.15) is 0 Å². The van der Waals surface area contributed by atoms with E-state index in [4.69, 9.17) is 21.4 Å². The summed E-state index contributed by atoms with van der Waals surface area (Å²) in [5, 5.41) is 12.3. The number of benzene rings is 1. The number of halogens is 1. The molecule has 1 aromatic carbocycles. The molecule has 0 aromatic heterocycles. The molecule has 1 unspecified atom stereocenters. The van der Waals surface area contributed by atoms with E-state index in [1.807, 2.05) is 0 Å². The maximum Gasteiger partial charge on any atom is 0.326 e. The van der Waals surface area contributed by atoms with Crippen molar-refractivity contribution in [1.29, 1.82) is 0 Å². The Bertz CT molecular complexity index is 381. The number of hydrogen-bond donors (Lipinski definition) is 2. The van der Waals surface area contributed by atoms with E-state index in [1.165, 1.54) is 7.11 Å². The SMILES string of the molecule is CCC(Nc1ccc(Cl)c(OC)c1)C(=O)O. The van der Waals surface area contributed by atoms with Gasteiger partial charge in [0.2, 0.25) is 0 Å². The summed E-state index contributed by atoms with van der Waals surface area (Å²) in [6, 6.07) is 4.45. The molecule has 1 rings (SSSR count). The average molecular weight is 244 g/mol. The molecule has 0 amide bonds. The number of hydrogen-bond acceptors (Lipinski definition) is 3. The van der Waals surface area contributed by atoms with Gasteiger partial charge in [0.1, 0.15) is 11.8 Å². The van der Waals surface area contributed by atoms with Crippen molar-refractivity contribution in [3.63, 3.8) is 0 Å². The van der Waals surface area contributed by atoms with Gasteiger partial charge in [0.15, 0.2) is 0 Å². The van der Waals surface area contributed by atoms with Gasteiger partial charge in [-0.25, -0.2) is 4.79 Å². The van der Waals surface area contributed by atoms with Crippen LogP contribution in [0.25, 0.3) is 0 Å². The summed E-state index contributed by atoms with van der Waals surface area (Å²) < 4.78 is 5.04. The normalized spacial score (nSPS) is 11.9. The van der Waals surface area contributed by atoms with Crippen LogP contribution in [0, 0.1) is 0 Å². The number of carbonyl (C=O) groups is 1. The first-order valence-electron chi connectivity index (χ1n) is 4.91. The topological polar surface area (TPSA) is 58.6 Å². The highest BCUT2D eigenvalue weighted by Gasteiger charge is 2.14. The second-order valence-corrected chi connectivity index (χ2v) is 3.70. The predicted octanol–water partition coefficient (Wildman–Crippen LogP) is 2.62. The van der Waals surface area contributed by atoms with Crippen molar-refractivity contribution >= 4 is 23.3 Å². The molecule has 1 aromatic rings. The van der Waals surface area contributed by atoms with E-state index in [2.05, 4.69) is 5.32 Å². The second kappa shape index (κ2) is 5.61. The fourth-order valence-corrected chi connectivity index (χ4v) is 1.48. The Hall–Kier alpha value is -1.42. The molecule has 2 N–H and O–H groups in total. The maximum atomic E-state index is 10.8. The lowest BCUT2D eigenvalue weighted by Crippen LogP contribution is -2.28. The van der Waals surface area contributed by atoms with Gasteiger partial charge in [0.25, 0.3) is 0 Å². The molecule has 0 heterocycles. The van der Waals surface area contributed by atoms with Crippen LogP contribution in [0.1, 0.15) is 13.3 Å². The van der Waals surface area contributed by atoms with Crippen molar-refractivity contribution < 1.29 is 14.6 Å². The van der Waals surface area contributed by atoms with E-state index in [0.29, 0.717) is 22.9 Å². The largest absolute Gasteiger partial charge is 0.495 e. The third kappa shape index (κ3) is 3.03. The van der Waals surface area contributed by atoms with E-state index in [1.54, 1.807) is 25.1 Å². The molecule has 0 radical (unpaired) electrons. The summed E-state index contributed by atoms with van der Waals surface area (Å²) in [5.74, 6) is -0.358. The molecule has 0 spiro atoms. The number of rotatable bonds is 5. The molecule has 0 fully saturated rings. The highest BCUT2D eigenvalue weighted by atomic mass is 35.5. The minimum Gasteiger partial charge on any atom is -0.495 e. The third-order valence-corrected chi connectivity index (χ3v) is 2.51. The minimum atomic E-state index is -0.878. The Labute approximate surface area is 99.2 Å². The van der Waals surface area contributed by atoms with Gasteiger partial charge in [-0.05, 0) is 18.6 Å². The Balaban J connectivity index is 2.84. The summed E-state index contributed by atoms with van der Waals surface area (Å²) >= 11 is 5.86. The van der Waals surface area contributed by atoms with Crippen LogP contribution in [0.5, 0.6) is 5.75 Å². The highest BCUT2D eigenvalue weighted by molar-refractivity contribution is 6.32. The van der Waals surface area contributed by atoms with Gasteiger partial charge in [-0.15, -0.1) is 0 Å². The molecule has 5 heteroatoms. The number of methoxy groups -OCH3 is 1. The van der Waals surface area contributed by atoms with Gasteiger partial charge in [0, 0.05) is 11.8 Å². The van der Waals surface area contributed by atoms with Crippen molar-refractivity contribution in [2.24, 2.45) is 0 Å². The molecule has 0 saturated heterocycles. The van der Waals surface area contributed by atoms with Crippen LogP contribution >= 0.6 is 11.6 Å². The average Bonchev–Trinajstić information content (AvgIpc) is 2.27. The molecule has 16 heavy (non-hydrogen) atoms. The quantitative estimate of drug-likeness (QED) is 0.835. The van der Waals surface area contributed by atoms with Gasteiger partial charge < -0.3 is 15.2 Å². The standard InChI is InChI=1S/C11H14ClNO3/c1-3-9(11(14)15)13-7-4-5-8(12)10(6-7)16-2/h4-6,9,13H,3H2,1-2H3,(H,14,15). The number of carboxylic acid groups (broad SMARTS) is 1. The summed E-state index contributed by atoms with van der Waals surface area (Å²) in [6.45, 7) is 1.80. The van der Waals surface area contributed by atoms with Crippen molar-refractivity contribution in [1.82, 2.24) is 0 Å². The van der Waals surface area contributed by atoms with Gasteiger partial charge in [-0.1, -0.05) is 18.5 Å². The number of carboxylic acids is 1. The van der Waals surface area contributed by atoms with E-state index in [-0.39, 0.29) is 0 Å². The summed E-state index contributed by atoms with van der Waals surface area (Å²) in [6.07, 6.45) is 0.500. The Morgan fingerprint density at radius 3 is 2.81 bits per heavy atom. The second-order valence-electron chi connectivity index (χ2n) is 3.29. The smallest absolute Gasteiger partial charge is 0.326 e. The molecule has 4 nitrogen and oxygen atoms in total. The van der Waals surface area contributed by atoms with E-state index in [0.717, 1.165) is 0 Å². The molecule has 0 aliphatic carbocycles. The van der Waals surface area contributed by atoms with E-state index >= 15 is 0 Å². The van der Waals surface area contributed by atoms with Crippen LogP contribution < -0.4 is 10.1 Å². The lowest BCUT2D eigenvalue weighted by atomic mass is 10.2. The molecular weight excluding hydrogens is 230 g/mol. The lowest BCUT2D eigenvalue weighted by molar-refractivity contribution is -0.137. The molecule has 88 valence electrons. The van der Waals surface area contributed by atoms with Crippen LogP contribution in [0.3, 0.4) is 0 Å². The lowest BCUT2D eigenvalue weighted by Gasteiger charge is -2.14. The van der Waals surface area contributed by atoms with Crippen LogP contribution in [-0.2, 0) is 4.79 Å². The molecule has 0 aliphatic heterocycles.